The fourth-order valence-electron chi connectivity index (χ4n) is 2.44. The summed E-state index contributed by atoms with van der Waals surface area (Å²) in [6.07, 6.45) is -3.62. The van der Waals surface area contributed by atoms with E-state index in [4.69, 9.17) is 0 Å². The molecule has 0 spiro atoms. The Kier molecular flexibility index (Phi) is 5.26. The number of carbonyl (C=O) groups excluding carboxylic acids is 1. The van der Waals surface area contributed by atoms with Crippen molar-refractivity contribution in [2.24, 2.45) is 0 Å². The van der Waals surface area contributed by atoms with Crippen LogP contribution in [0.15, 0.2) is 30.5 Å². The lowest BCUT2D eigenvalue weighted by Crippen LogP contribution is -2.35. The van der Waals surface area contributed by atoms with Gasteiger partial charge in [-0.15, -0.1) is 0 Å². The average Bonchev–Trinajstić information content (AvgIpc) is 2.94. The Balaban J connectivity index is 2.16. The fraction of sp³-hybridized carbons (Fsp3) is 0.375. The zero-order valence-electron chi connectivity index (χ0n) is 13.2. The minimum atomic E-state index is -4.69. The molecule has 0 radical (unpaired) electrons. The van der Waals surface area contributed by atoms with Crippen LogP contribution in [-0.2, 0) is 19.1 Å². The van der Waals surface area contributed by atoms with Crippen LogP contribution in [0.25, 0.3) is 0 Å². The number of alkyl halides is 3. The SMILES string of the molecule is CCn1ncc(C(=O)NC(C)Cc2ccccc2F)c1C(F)(F)F. The van der Waals surface area contributed by atoms with E-state index in [-0.39, 0.29) is 13.0 Å². The van der Waals surface area contributed by atoms with Gasteiger partial charge in [0.2, 0.25) is 0 Å². The lowest BCUT2D eigenvalue weighted by Gasteiger charge is -2.16. The standard InChI is InChI=1S/C16H17F4N3O/c1-3-23-14(16(18,19)20)12(9-21-23)15(24)22-10(2)8-11-6-4-5-7-13(11)17/h4-7,9-10H,3,8H2,1-2H3,(H,22,24). The normalized spacial score (nSPS) is 12.9. The van der Waals surface area contributed by atoms with Crippen molar-refractivity contribution in [1.82, 2.24) is 15.1 Å². The van der Waals surface area contributed by atoms with Gasteiger partial charge in [-0.2, -0.15) is 18.3 Å². The minimum absolute atomic E-state index is 0.00704. The molecule has 0 aliphatic heterocycles. The molecule has 0 fully saturated rings. The maximum Gasteiger partial charge on any atom is 0.433 e. The first-order valence-electron chi connectivity index (χ1n) is 7.41. The van der Waals surface area contributed by atoms with E-state index in [1.807, 2.05) is 0 Å². The summed E-state index contributed by atoms with van der Waals surface area (Å²) in [5.41, 5.74) is -1.24. The fourth-order valence-corrected chi connectivity index (χ4v) is 2.44. The van der Waals surface area contributed by atoms with Crippen molar-refractivity contribution in [3.63, 3.8) is 0 Å². The van der Waals surface area contributed by atoms with E-state index in [2.05, 4.69) is 10.4 Å². The van der Waals surface area contributed by atoms with Crippen molar-refractivity contribution in [1.29, 1.82) is 0 Å². The van der Waals surface area contributed by atoms with Gasteiger partial charge in [-0.05, 0) is 31.9 Å². The molecule has 0 saturated carbocycles. The van der Waals surface area contributed by atoms with Gasteiger partial charge in [0.05, 0.1) is 11.8 Å². The molecule has 8 heteroatoms. The van der Waals surface area contributed by atoms with E-state index in [0.29, 0.717) is 5.56 Å². The zero-order chi connectivity index (χ0) is 17.9. The maximum atomic E-state index is 13.6. The van der Waals surface area contributed by atoms with Crippen molar-refractivity contribution in [3.8, 4) is 0 Å². The molecule has 1 aromatic carbocycles. The molecule has 1 atom stereocenters. The number of rotatable bonds is 5. The Morgan fingerprint density at radius 2 is 2.00 bits per heavy atom. The highest BCUT2D eigenvalue weighted by Gasteiger charge is 2.39. The third-order valence-electron chi connectivity index (χ3n) is 3.51. The first-order chi connectivity index (χ1) is 11.2. The van der Waals surface area contributed by atoms with Crippen LogP contribution in [0.5, 0.6) is 0 Å². The number of halogens is 4. The Bertz CT molecular complexity index is 724. The molecule has 1 heterocycles. The summed E-state index contributed by atoms with van der Waals surface area (Å²) in [6.45, 7) is 3.10. The average molecular weight is 343 g/mol. The summed E-state index contributed by atoms with van der Waals surface area (Å²) in [7, 11) is 0. The summed E-state index contributed by atoms with van der Waals surface area (Å²) in [6, 6.07) is 5.50. The lowest BCUT2D eigenvalue weighted by atomic mass is 10.1. The molecule has 1 amide bonds. The van der Waals surface area contributed by atoms with E-state index in [0.717, 1.165) is 10.9 Å². The van der Waals surface area contributed by atoms with Crippen LogP contribution in [0.1, 0.15) is 35.5 Å². The van der Waals surface area contributed by atoms with Crippen molar-refractivity contribution in [2.45, 2.75) is 39.0 Å². The van der Waals surface area contributed by atoms with Gasteiger partial charge in [0.1, 0.15) is 5.82 Å². The second-order valence-electron chi connectivity index (χ2n) is 5.39. The molecule has 2 aromatic rings. The zero-order valence-corrected chi connectivity index (χ0v) is 13.2. The monoisotopic (exact) mass is 343 g/mol. The summed E-state index contributed by atoms with van der Waals surface area (Å²) in [4.78, 5) is 12.2. The predicted octanol–water partition coefficient (Wildman–Crippen LogP) is 3.42. The van der Waals surface area contributed by atoms with Gasteiger partial charge in [0.15, 0.2) is 5.69 Å². The van der Waals surface area contributed by atoms with Crippen LogP contribution in [0, 0.1) is 5.82 Å². The van der Waals surface area contributed by atoms with Crippen molar-refractivity contribution in [2.75, 3.05) is 0 Å². The summed E-state index contributed by atoms with van der Waals surface area (Å²) in [5, 5.41) is 6.07. The molecule has 1 unspecified atom stereocenters. The maximum absolute atomic E-state index is 13.6. The topological polar surface area (TPSA) is 46.9 Å². The smallest absolute Gasteiger partial charge is 0.349 e. The number of nitrogens with one attached hydrogen (secondary N) is 1. The van der Waals surface area contributed by atoms with E-state index >= 15 is 0 Å². The highest BCUT2D eigenvalue weighted by atomic mass is 19.4. The van der Waals surface area contributed by atoms with E-state index in [1.165, 1.54) is 19.1 Å². The van der Waals surface area contributed by atoms with Crippen LogP contribution >= 0.6 is 0 Å². The van der Waals surface area contributed by atoms with Gasteiger partial charge in [0.25, 0.3) is 5.91 Å². The third kappa shape index (κ3) is 3.93. The lowest BCUT2D eigenvalue weighted by molar-refractivity contribution is -0.144. The molecule has 130 valence electrons. The van der Waals surface area contributed by atoms with Crippen molar-refractivity contribution >= 4 is 5.91 Å². The van der Waals surface area contributed by atoms with Crippen LogP contribution in [0.4, 0.5) is 17.6 Å². The number of aryl methyl sites for hydroxylation is 1. The van der Waals surface area contributed by atoms with Crippen molar-refractivity contribution < 1.29 is 22.4 Å². The van der Waals surface area contributed by atoms with Gasteiger partial charge < -0.3 is 5.32 Å². The van der Waals surface area contributed by atoms with Gasteiger partial charge in [-0.25, -0.2) is 4.39 Å². The number of aromatic nitrogens is 2. The number of carbonyl (C=O) groups is 1. The molecule has 1 aromatic heterocycles. The Morgan fingerprint density at radius 1 is 1.33 bits per heavy atom. The van der Waals surface area contributed by atoms with Crippen LogP contribution in [0.2, 0.25) is 0 Å². The molecule has 2 rings (SSSR count). The highest BCUT2D eigenvalue weighted by molar-refractivity contribution is 5.95. The molecular formula is C16H17F4N3O. The summed E-state index contributed by atoms with van der Waals surface area (Å²) < 4.78 is 53.7. The number of hydrogen-bond acceptors (Lipinski definition) is 2. The van der Waals surface area contributed by atoms with E-state index < -0.39 is 35.2 Å². The van der Waals surface area contributed by atoms with Crippen molar-refractivity contribution in [3.05, 3.63) is 53.1 Å². The predicted molar refractivity (Wildman–Crippen MR) is 79.9 cm³/mol. The summed E-state index contributed by atoms with van der Waals surface area (Å²) >= 11 is 0. The first-order valence-corrected chi connectivity index (χ1v) is 7.41. The summed E-state index contributed by atoms with van der Waals surface area (Å²) in [5.74, 6) is -1.31. The second kappa shape index (κ2) is 7.02. The molecule has 0 bridgehead atoms. The largest absolute Gasteiger partial charge is 0.433 e. The molecule has 1 N–H and O–H groups in total. The van der Waals surface area contributed by atoms with Gasteiger partial charge in [-0.1, -0.05) is 18.2 Å². The van der Waals surface area contributed by atoms with E-state index in [9.17, 15) is 22.4 Å². The third-order valence-corrected chi connectivity index (χ3v) is 3.51. The van der Waals surface area contributed by atoms with Crippen LogP contribution in [-0.4, -0.2) is 21.7 Å². The number of benzene rings is 1. The Morgan fingerprint density at radius 3 is 2.58 bits per heavy atom. The van der Waals surface area contributed by atoms with Gasteiger partial charge in [-0.3, -0.25) is 9.48 Å². The molecule has 4 nitrogen and oxygen atoms in total. The van der Waals surface area contributed by atoms with E-state index in [1.54, 1.807) is 19.1 Å². The second-order valence-corrected chi connectivity index (χ2v) is 5.39. The molecule has 0 aliphatic carbocycles. The highest BCUT2D eigenvalue weighted by Crippen LogP contribution is 2.32. The Labute approximate surface area is 136 Å². The van der Waals surface area contributed by atoms with Crippen LogP contribution in [0.3, 0.4) is 0 Å². The minimum Gasteiger partial charge on any atom is -0.349 e. The molecule has 0 saturated heterocycles. The van der Waals surface area contributed by atoms with Crippen LogP contribution < -0.4 is 5.32 Å². The molecule has 24 heavy (non-hydrogen) atoms. The quantitative estimate of drug-likeness (QED) is 0.846. The number of amides is 1. The first kappa shape index (κ1) is 18.0. The number of hydrogen-bond donors (Lipinski definition) is 1. The van der Waals surface area contributed by atoms with Gasteiger partial charge in [0, 0.05) is 12.6 Å². The molecular weight excluding hydrogens is 326 g/mol. The van der Waals surface area contributed by atoms with Gasteiger partial charge >= 0.3 is 6.18 Å². The molecule has 0 aliphatic rings. The number of nitrogens with zero attached hydrogens (tertiary/aromatic N) is 2. The Hall–Kier alpha value is -2.38.